The number of benzene rings is 1. The molecule has 0 aromatic heterocycles. The molecule has 0 aliphatic rings. The molecule has 1 nitrogen and oxygen atoms in total. The highest BCUT2D eigenvalue weighted by Gasteiger charge is 2.19. The molecule has 0 aliphatic heterocycles. The second-order valence-corrected chi connectivity index (χ2v) is 3.33. The van der Waals surface area contributed by atoms with Gasteiger partial charge in [-0.1, -0.05) is 12.1 Å². The van der Waals surface area contributed by atoms with Crippen molar-refractivity contribution in [2.24, 2.45) is 5.73 Å². The van der Waals surface area contributed by atoms with E-state index >= 15 is 0 Å². The van der Waals surface area contributed by atoms with Crippen molar-refractivity contribution in [2.75, 3.05) is 0 Å². The Bertz CT molecular complexity index is 357. The molecule has 0 fully saturated rings. The van der Waals surface area contributed by atoms with Crippen LogP contribution in [-0.4, -0.2) is 6.43 Å². The molecular weight excluding hydrogens is 246 g/mol. The minimum atomic E-state index is -2.64. The Kier molecular flexibility index (Phi) is 5.75. The Morgan fingerprint density at radius 2 is 1.75 bits per heavy atom. The van der Waals surface area contributed by atoms with Crippen molar-refractivity contribution in [1.29, 1.82) is 0 Å². The van der Waals surface area contributed by atoms with Gasteiger partial charge in [-0.15, -0.1) is 12.4 Å². The summed E-state index contributed by atoms with van der Waals surface area (Å²) in [6.07, 6.45) is -3.32. The van der Waals surface area contributed by atoms with Crippen molar-refractivity contribution >= 4 is 12.4 Å². The second kappa shape index (κ2) is 6.06. The number of aryl methyl sites for hydroxylation is 1. The Balaban J connectivity index is 0.00000225. The third-order valence-electron chi connectivity index (χ3n) is 2.14. The zero-order valence-electron chi connectivity index (χ0n) is 8.51. The van der Waals surface area contributed by atoms with Gasteiger partial charge >= 0.3 is 0 Å². The summed E-state index contributed by atoms with van der Waals surface area (Å²) in [6, 6.07) is 1.37. The monoisotopic (exact) mass is 257 g/mol. The smallest absolute Gasteiger partial charge is 0.240 e. The number of halogens is 5. The van der Waals surface area contributed by atoms with E-state index in [-0.39, 0.29) is 23.5 Å². The van der Waals surface area contributed by atoms with Gasteiger partial charge in [-0.05, 0) is 12.5 Å². The minimum Gasteiger partial charge on any atom is -0.324 e. The lowest BCUT2D eigenvalue weighted by molar-refractivity contribution is 0.128. The molecule has 92 valence electrons. The van der Waals surface area contributed by atoms with Crippen LogP contribution in [0.25, 0.3) is 0 Å². The van der Waals surface area contributed by atoms with Crippen LogP contribution in [0.3, 0.4) is 0 Å². The summed E-state index contributed by atoms with van der Waals surface area (Å²) in [6.45, 7) is 1.39. The first-order valence-electron chi connectivity index (χ1n) is 4.41. The third kappa shape index (κ3) is 3.35. The standard InChI is InChI=1S/C10H11F4N.ClH/c1-5-2-3-6(10(14)9(5)13)7(15)4-8(11)12;/h2-3,7-8H,4,15H2,1H3;1H/t7-;/m0./s1. The fraction of sp³-hybridized carbons (Fsp3) is 0.400. The summed E-state index contributed by atoms with van der Waals surface area (Å²) in [4.78, 5) is 0. The molecule has 0 saturated heterocycles. The molecule has 1 aromatic rings. The molecule has 0 radical (unpaired) electrons. The van der Waals surface area contributed by atoms with Crippen molar-refractivity contribution in [3.8, 4) is 0 Å². The van der Waals surface area contributed by atoms with E-state index in [1.807, 2.05) is 0 Å². The van der Waals surface area contributed by atoms with Crippen LogP contribution in [0.2, 0.25) is 0 Å². The highest BCUT2D eigenvalue weighted by atomic mass is 35.5. The average molecular weight is 258 g/mol. The molecule has 0 heterocycles. The fourth-order valence-corrected chi connectivity index (χ4v) is 1.27. The van der Waals surface area contributed by atoms with Crippen LogP contribution in [0, 0.1) is 18.6 Å². The van der Waals surface area contributed by atoms with Crippen molar-refractivity contribution in [3.05, 3.63) is 34.9 Å². The molecule has 1 aromatic carbocycles. The Labute approximate surface area is 97.0 Å². The van der Waals surface area contributed by atoms with Crippen molar-refractivity contribution in [3.63, 3.8) is 0 Å². The maximum absolute atomic E-state index is 13.3. The van der Waals surface area contributed by atoms with E-state index in [0.717, 1.165) is 0 Å². The maximum atomic E-state index is 13.3. The van der Waals surface area contributed by atoms with Crippen molar-refractivity contribution in [2.45, 2.75) is 25.8 Å². The van der Waals surface area contributed by atoms with E-state index < -0.39 is 30.5 Å². The molecule has 0 amide bonds. The summed E-state index contributed by atoms with van der Waals surface area (Å²) in [5.74, 6) is -2.17. The van der Waals surface area contributed by atoms with Crippen LogP contribution in [0.4, 0.5) is 17.6 Å². The van der Waals surface area contributed by atoms with Crippen LogP contribution in [0.1, 0.15) is 23.6 Å². The summed E-state index contributed by atoms with van der Waals surface area (Å²) < 4.78 is 50.3. The molecule has 0 saturated carbocycles. The van der Waals surface area contributed by atoms with E-state index in [1.165, 1.54) is 19.1 Å². The minimum absolute atomic E-state index is 0. The largest absolute Gasteiger partial charge is 0.324 e. The summed E-state index contributed by atoms with van der Waals surface area (Å²) in [5, 5.41) is 0. The number of rotatable bonds is 3. The summed E-state index contributed by atoms with van der Waals surface area (Å²) in [5.41, 5.74) is 5.24. The molecule has 1 atom stereocenters. The topological polar surface area (TPSA) is 26.0 Å². The Hall–Kier alpha value is -0.810. The second-order valence-electron chi connectivity index (χ2n) is 3.33. The zero-order chi connectivity index (χ0) is 11.6. The normalized spacial score (nSPS) is 12.4. The number of hydrogen-bond acceptors (Lipinski definition) is 1. The molecule has 0 unspecified atom stereocenters. The van der Waals surface area contributed by atoms with Gasteiger partial charge in [-0.3, -0.25) is 0 Å². The first-order chi connectivity index (χ1) is 6.93. The Morgan fingerprint density at radius 3 is 2.25 bits per heavy atom. The van der Waals surface area contributed by atoms with Crippen LogP contribution in [-0.2, 0) is 0 Å². The van der Waals surface area contributed by atoms with Gasteiger partial charge in [0.1, 0.15) is 0 Å². The van der Waals surface area contributed by atoms with Crippen molar-refractivity contribution in [1.82, 2.24) is 0 Å². The highest BCUT2D eigenvalue weighted by molar-refractivity contribution is 5.85. The summed E-state index contributed by atoms with van der Waals surface area (Å²) >= 11 is 0. The predicted molar refractivity (Wildman–Crippen MR) is 55.9 cm³/mol. The molecule has 6 heteroatoms. The molecule has 0 spiro atoms. The molecule has 1 rings (SSSR count). The van der Waals surface area contributed by atoms with Crippen molar-refractivity contribution < 1.29 is 17.6 Å². The average Bonchev–Trinajstić information content (AvgIpc) is 2.13. The molecule has 2 N–H and O–H groups in total. The predicted octanol–water partition coefficient (Wildman–Crippen LogP) is 3.35. The number of hydrogen-bond donors (Lipinski definition) is 1. The van der Waals surface area contributed by atoms with Crippen LogP contribution >= 0.6 is 12.4 Å². The van der Waals surface area contributed by atoms with Crippen LogP contribution < -0.4 is 5.73 Å². The lowest BCUT2D eigenvalue weighted by atomic mass is 10.0. The maximum Gasteiger partial charge on any atom is 0.240 e. The molecule has 0 bridgehead atoms. The van der Waals surface area contributed by atoms with Gasteiger partial charge in [0, 0.05) is 18.0 Å². The van der Waals surface area contributed by atoms with Gasteiger partial charge < -0.3 is 5.73 Å². The fourth-order valence-electron chi connectivity index (χ4n) is 1.27. The number of alkyl halides is 2. The molecule has 0 aliphatic carbocycles. The summed E-state index contributed by atoms with van der Waals surface area (Å²) in [7, 11) is 0. The van der Waals surface area contributed by atoms with Gasteiger partial charge in [0.2, 0.25) is 6.43 Å². The first kappa shape index (κ1) is 15.2. The van der Waals surface area contributed by atoms with Gasteiger partial charge in [0.25, 0.3) is 0 Å². The van der Waals surface area contributed by atoms with Gasteiger partial charge in [-0.25, -0.2) is 17.6 Å². The van der Waals surface area contributed by atoms with E-state index in [0.29, 0.717) is 0 Å². The van der Waals surface area contributed by atoms with E-state index in [2.05, 4.69) is 0 Å². The van der Waals surface area contributed by atoms with Gasteiger partial charge in [-0.2, -0.15) is 0 Å². The van der Waals surface area contributed by atoms with E-state index in [1.54, 1.807) is 0 Å². The van der Waals surface area contributed by atoms with Gasteiger partial charge in [0.15, 0.2) is 11.6 Å². The van der Waals surface area contributed by atoms with E-state index in [9.17, 15) is 17.6 Å². The van der Waals surface area contributed by atoms with E-state index in [4.69, 9.17) is 5.73 Å². The third-order valence-corrected chi connectivity index (χ3v) is 2.14. The van der Waals surface area contributed by atoms with Crippen LogP contribution in [0.15, 0.2) is 12.1 Å². The van der Waals surface area contributed by atoms with Gasteiger partial charge in [0.05, 0.1) is 0 Å². The lowest BCUT2D eigenvalue weighted by Crippen LogP contribution is -2.16. The molecular formula is C10H12ClF4N. The molecule has 16 heavy (non-hydrogen) atoms. The highest BCUT2D eigenvalue weighted by Crippen LogP contribution is 2.24. The van der Waals surface area contributed by atoms with Crippen LogP contribution in [0.5, 0.6) is 0 Å². The lowest BCUT2D eigenvalue weighted by Gasteiger charge is -2.13. The number of nitrogens with two attached hydrogens (primary N) is 1. The Morgan fingerprint density at radius 1 is 1.19 bits per heavy atom. The zero-order valence-corrected chi connectivity index (χ0v) is 9.33. The SMILES string of the molecule is Cc1ccc([C@@H](N)CC(F)F)c(F)c1F.Cl. The first-order valence-corrected chi connectivity index (χ1v) is 4.41. The quantitative estimate of drug-likeness (QED) is 0.826.